The normalized spacial score (nSPS) is 21.5. The van der Waals surface area contributed by atoms with Crippen molar-refractivity contribution in [2.45, 2.75) is 37.8 Å². The van der Waals surface area contributed by atoms with E-state index < -0.39 is 16.1 Å². The SMILES string of the molecule is NS(=O)(=O)OC[C@@H]1CCC(Nc2ncncc2C(=O)c2cc(C3NCCc4ccc(Cl)cc43)c(Cl)o2)C1. The van der Waals surface area contributed by atoms with Crippen LogP contribution < -0.4 is 15.8 Å². The molecule has 4 N–H and O–H groups in total. The van der Waals surface area contributed by atoms with Crippen LogP contribution in [0.3, 0.4) is 0 Å². The summed E-state index contributed by atoms with van der Waals surface area (Å²) in [6.07, 6.45) is 5.78. The molecule has 2 unspecified atom stereocenters. The number of nitrogens with two attached hydrogens (primary N) is 1. The standard InChI is InChI=1S/C24H25Cl2N5O5S/c25-15-3-2-14-5-6-29-21(17(14)8-15)18-9-20(36-23(18)26)22(32)19-10-28-12-30-24(19)31-16-4-1-13(7-16)11-35-37(27,33)34/h2-3,8-10,12-13,16,21,29H,1,4-7,11H2,(H2,27,33,34)(H,28,30,31)/t13-,16?,21?/m1/s1. The van der Waals surface area contributed by atoms with E-state index in [4.69, 9.17) is 36.9 Å². The lowest BCUT2D eigenvalue weighted by molar-refractivity contribution is 0.101. The summed E-state index contributed by atoms with van der Waals surface area (Å²) in [4.78, 5) is 21.7. The van der Waals surface area contributed by atoms with Gasteiger partial charge >= 0.3 is 10.3 Å². The van der Waals surface area contributed by atoms with Gasteiger partial charge in [0, 0.05) is 29.4 Å². The molecule has 1 aliphatic carbocycles. The molecule has 0 amide bonds. The molecule has 1 aromatic carbocycles. The Bertz CT molecular complexity index is 1430. The summed E-state index contributed by atoms with van der Waals surface area (Å²) in [5.41, 5.74) is 3.04. The summed E-state index contributed by atoms with van der Waals surface area (Å²) in [5, 5.41) is 12.4. The Morgan fingerprint density at radius 2 is 2.08 bits per heavy atom. The van der Waals surface area contributed by atoms with Crippen LogP contribution in [-0.2, 0) is 20.9 Å². The average Bonchev–Trinajstić information content (AvgIpc) is 3.48. The topological polar surface area (TPSA) is 149 Å². The number of hydrogen-bond donors (Lipinski definition) is 3. The van der Waals surface area contributed by atoms with Crippen molar-refractivity contribution >= 4 is 45.1 Å². The second kappa shape index (κ2) is 10.7. The molecule has 1 aliphatic heterocycles. The van der Waals surface area contributed by atoms with Crippen LogP contribution in [0.25, 0.3) is 0 Å². The first-order chi connectivity index (χ1) is 17.7. The number of aromatic nitrogens is 2. The maximum atomic E-state index is 13.5. The van der Waals surface area contributed by atoms with Gasteiger partial charge in [-0.25, -0.2) is 15.1 Å². The summed E-state index contributed by atoms with van der Waals surface area (Å²) in [5.74, 6) is 0.0350. The highest BCUT2D eigenvalue weighted by molar-refractivity contribution is 7.84. The first-order valence-electron chi connectivity index (χ1n) is 11.8. The van der Waals surface area contributed by atoms with Gasteiger partial charge in [-0.2, -0.15) is 8.42 Å². The van der Waals surface area contributed by atoms with Crippen molar-refractivity contribution < 1.29 is 21.8 Å². The van der Waals surface area contributed by atoms with Crippen LogP contribution in [0.15, 0.2) is 41.2 Å². The van der Waals surface area contributed by atoms with Gasteiger partial charge in [0.15, 0.2) is 11.0 Å². The maximum Gasteiger partial charge on any atom is 0.333 e. The largest absolute Gasteiger partial charge is 0.441 e. The number of carbonyl (C=O) groups excluding carboxylic acids is 1. The van der Waals surface area contributed by atoms with Crippen molar-refractivity contribution in [3.63, 3.8) is 0 Å². The van der Waals surface area contributed by atoms with E-state index in [1.54, 1.807) is 6.07 Å². The van der Waals surface area contributed by atoms with Gasteiger partial charge in [0.1, 0.15) is 12.1 Å². The molecule has 0 saturated heterocycles. The zero-order valence-electron chi connectivity index (χ0n) is 19.6. The van der Waals surface area contributed by atoms with Crippen LogP contribution >= 0.6 is 23.2 Å². The number of furan rings is 1. The Hall–Kier alpha value is -2.54. The third-order valence-electron chi connectivity index (χ3n) is 6.72. The van der Waals surface area contributed by atoms with E-state index >= 15 is 0 Å². The molecule has 1 fully saturated rings. The highest BCUT2D eigenvalue weighted by Gasteiger charge is 2.30. The van der Waals surface area contributed by atoms with Crippen molar-refractivity contribution in [2.24, 2.45) is 11.1 Å². The van der Waals surface area contributed by atoms with E-state index in [9.17, 15) is 13.2 Å². The molecule has 0 spiro atoms. The summed E-state index contributed by atoms with van der Waals surface area (Å²) in [6.45, 7) is 0.763. The Labute approximate surface area is 224 Å². The number of carbonyl (C=O) groups is 1. The molecule has 3 heterocycles. The molecule has 10 nitrogen and oxygen atoms in total. The molecule has 0 radical (unpaired) electrons. The fourth-order valence-corrected chi connectivity index (χ4v) is 5.79. The van der Waals surface area contributed by atoms with Crippen LogP contribution in [0.1, 0.15) is 58.1 Å². The molecule has 1 saturated carbocycles. The van der Waals surface area contributed by atoms with Gasteiger partial charge < -0.3 is 15.1 Å². The first kappa shape index (κ1) is 26.1. The molecule has 13 heteroatoms. The number of benzene rings is 1. The highest BCUT2D eigenvalue weighted by Crippen LogP contribution is 2.37. The predicted octanol–water partition coefficient (Wildman–Crippen LogP) is 3.64. The number of anilines is 1. The number of ketones is 1. The van der Waals surface area contributed by atoms with Crippen LogP contribution in [0.2, 0.25) is 10.2 Å². The number of nitrogens with one attached hydrogen (secondary N) is 2. The van der Waals surface area contributed by atoms with E-state index in [-0.39, 0.29) is 41.2 Å². The van der Waals surface area contributed by atoms with Crippen molar-refractivity contribution in [3.05, 3.63) is 75.0 Å². The van der Waals surface area contributed by atoms with Gasteiger partial charge in [-0.05, 0) is 72.5 Å². The number of fused-ring (bicyclic) bond motifs is 1. The lowest BCUT2D eigenvalue weighted by Gasteiger charge is -2.26. The summed E-state index contributed by atoms with van der Waals surface area (Å²) in [7, 11) is -3.98. The number of nitrogens with zero attached hydrogens (tertiary/aromatic N) is 2. The van der Waals surface area contributed by atoms with E-state index in [2.05, 4.69) is 20.6 Å². The van der Waals surface area contributed by atoms with Crippen LogP contribution in [-0.4, -0.2) is 43.4 Å². The van der Waals surface area contributed by atoms with Crippen LogP contribution in [0.5, 0.6) is 0 Å². The van der Waals surface area contributed by atoms with E-state index in [0.29, 0.717) is 22.8 Å². The second-order valence-corrected chi connectivity index (χ2v) is 11.2. The fourth-order valence-electron chi connectivity index (χ4n) is 4.98. The number of rotatable bonds is 8. The van der Waals surface area contributed by atoms with Gasteiger partial charge in [0.2, 0.25) is 5.78 Å². The van der Waals surface area contributed by atoms with Crippen LogP contribution in [0.4, 0.5) is 5.82 Å². The van der Waals surface area contributed by atoms with Crippen molar-refractivity contribution in [3.8, 4) is 0 Å². The van der Waals surface area contributed by atoms with E-state index in [1.165, 1.54) is 12.5 Å². The monoisotopic (exact) mass is 565 g/mol. The molecule has 2 aromatic heterocycles. The predicted molar refractivity (Wildman–Crippen MR) is 138 cm³/mol. The Kier molecular flexibility index (Phi) is 7.53. The van der Waals surface area contributed by atoms with Crippen molar-refractivity contribution in [1.29, 1.82) is 0 Å². The van der Waals surface area contributed by atoms with Gasteiger partial charge in [-0.1, -0.05) is 17.7 Å². The lowest BCUT2D eigenvalue weighted by Crippen LogP contribution is -2.30. The van der Waals surface area contributed by atoms with Gasteiger partial charge in [-0.15, -0.1) is 0 Å². The first-order valence-corrected chi connectivity index (χ1v) is 14.0. The van der Waals surface area contributed by atoms with Gasteiger partial charge in [0.25, 0.3) is 0 Å². The molecule has 37 heavy (non-hydrogen) atoms. The average molecular weight is 566 g/mol. The molecule has 5 rings (SSSR count). The Morgan fingerprint density at radius 1 is 1.24 bits per heavy atom. The lowest BCUT2D eigenvalue weighted by atomic mass is 9.91. The molecule has 2 aliphatic rings. The Balaban J connectivity index is 1.34. The summed E-state index contributed by atoms with van der Waals surface area (Å²) in [6, 6.07) is 7.11. The summed E-state index contributed by atoms with van der Waals surface area (Å²) >= 11 is 12.7. The Morgan fingerprint density at radius 3 is 2.89 bits per heavy atom. The molecule has 196 valence electrons. The quantitative estimate of drug-likeness (QED) is 0.348. The summed E-state index contributed by atoms with van der Waals surface area (Å²) < 4.78 is 32.6. The molecule has 3 aromatic rings. The van der Waals surface area contributed by atoms with Gasteiger partial charge in [-0.3, -0.25) is 8.98 Å². The van der Waals surface area contributed by atoms with Crippen LogP contribution in [0, 0.1) is 5.92 Å². The van der Waals surface area contributed by atoms with Crippen molar-refractivity contribution in [1.82, 2.24) is 15.3 Å². The highest BCUT2D eigenvalue weighted by atomic mass is 35.5. The minimum absolute atomic E-state index is 0.0163. The van der Waals surface area contributed by atoms with Crippen molar-refractivity contribution in [2.75, 3.05) is 18.5 Å². The number of hydrogen-bond acceptors (Lipinski definition) is 9. The minimum atomic E-state index is -3.98. The maximum absolute atomic E-state index is 13.5. The fraction of sp³-hybridized carbons (Fsp3) is 0.375. The third kappa shape index (κ3) is 5.97. The minimum Gasteiger partial charge on any atom is -0.441 e. The third-order valence-corrected chi connectivity index (χ3v) is 7.71. The molecular formula is C24H25Cl2N5O5S. The van der Waals surface area contributed by atoms with Gasteiger partial charge in [0.05, 0.1) is 18.2 Å². The molecule has 3 atom stereocenters. The zero-order chi connectivity index (χ0) is 26.2. The second-order valence-electron chi connectivity index (χ2n) is 9.23. The number of halogens is 2. The van der Waals surface area contributed by atoms with E-state index in [0.717, 1.165) is 36.9 Å². The molecule has 0 bridgehead atoms. The zero-order valence-corrected chi connectivity index (χ0v) is 21.9. The van der Waals surface area contributed by atoms with E-state index in [1.807, 2.05) is 18.2 Å². The molecular weight excluding hydrogens is 541 g/mol. The smallest absolute Gasteiger partial charge is 0.333 e.